The van der Waals surface area contributed by atoms with E-state index in [-0.39, 0.29) is 0 Å². The van der Waals surface area contributed by atoms with Crippen LogP contribution in [0.4, 0.5) is 5.69 Å². The van der Waals surface area contributed by atoms with Crippen LogP contribution in [0.3, 0.4) is 0 Å². The zero-order valence-corrected chi connectivity index (χ0v) is 11.9. The summed E-state index contributed by atoms with van der Waals surface area (Å²) in [4.78, 5) is 4.13. The van der Waals surface area contributed by atoms with Crippen molar-refractivity contribution in [2.75, 3.05) is 25.6 Å². The number of nitrogens with one attached hydrogen (secondary N) is 2. The van der Waals surface area contributed by atoms with Crippen LogP contribution in [0.15, 0.2) is 17.1 Å². The van der Waals surface area contributed by atoms with Crippen molar-refractivity contribution in [2.45, 2.75) is 0 Å². The van der Waals surface area contributed by atoms with Gasteiger partial charge in [-0.2, -0.15) is 0 Å². The maximum absolute atomic E-state index is 6.02. The first-order chi connectivity index (χ1) is 8.58. The smallest absolute Gasteiger partial charge is 0.210 e. The molecule has 1 aromatic carbocycles. The Morgan fingerprint density at radius 3 is 2.44 bits per heavy atom. The van der Waals surface area contributed by atoms with Crippen molar-refractivity contribution >= 4 is 46.4 Å². The van der Waals surface area contributed by atoms with Gasteiger partial charge in [-0.3, -0.25) is 5.43 Å². The predicted molar refractivity (Wildman–Crippen MR) is 76.6 cm³/mol. The minimum Gasteiger partial charge on any atom is -0.383 e. The fourth-order valence-electron chi connectivity index (χ4n) is 1.15. The molecule has 5 nitrogen and oxygen atoms in total. The predicted octanol–water partition coefficient (Wildman–Crippen LogP) is 2.52. The Morgan fingerprint density at radius 2 is 1.94 bits per heavy atom. The van der Waals surface area contributed by atoms with Gasteiger partial charge in [-0.1, -0.05) is 34.8 Å². The van der Waals surface area contributed by atoms with Crippen molar-refractivity contribution in [1.29, 1.82) is 0 Å². The maximum atomic E-state index is 6.02. The molecule has 0 aromatic heterocycles. The lowest BCUT2D eigenvalue weighted by Gasteiger charge is -2.12. The largest absolute Gasteiger partial charge is 0.383 e. The fourth-order valence-corrected chi connectivity index (χ4v) is 2.06. The molecule has 0 saturated heterocycles. The van der Waals surface area contributed by atoms with E-state index in [9.17, 15) is 0 Å². The number of methoxy groups -OCH3 is 1. The van der Waals surface area contributed by atoms with Gasteiger partial charge in [-0.25, -0.2) is 10.8 Å². The van der Waals surface area contributed by atoms with Gasteiger partial charge < -0.3 is 10.1 Å². The van der Waals surface area contributed by atoms with Crippen LogP contribution in [0.25, 0.3) is 0 Å². The molecule has 1 aromatic rings. The highest BCUT2D eigenvalue weighted by atomic mass is 35.5. The van der Waals surface area contributed by atoms with E-state index in [0.29, 0.717) is 39.9 Å². The maximum Gasteiger partial charge on any atom is 0.210 e. The van der Waals surface area contributed by atoms with Gasteiger partial charge in [0.05, 0.1) is 28.9 Å². The van der Waals surface area contributed by atoms with Gasteiger partial charge >= 0.3 is 0 Å². The summed E-state index contributed by atoms with van der Waals surface area (Å²) in [5.41, 5.74) is 2.89. The Morgan fingerprint density at radius 1 is 1.33 bits per heavy atom. The first kappa shape index (κ1) is 15.3. The highest BCUT2D eigenvalue weighted by Crippen LogP contribution is 2.33. The highest BCUT2D eigenvalue weighted by Gasteiger charge is 2.09. The summed E-state index contributed by atoms with van der Waals surface area (Å²) in [5, 5.41) is 4.09. The number of hydrogen-bond acceptors (Lipinski definition) is 3. The van der Waals surface area contributed by atoms with Crippen LogP contribution < -0.4 is 16.6 Å². The minimum absolute atomic E-state index is 0.332. The first-order valence-corrected chi connectivity index (χ1v) is 6.13. The van der Waals surface area contributed by atoms with Crippen LogP contribution in [-0.2, 0) is 4.74 Å². The third kappa shape index (κ3) is 4.51. The molecule has 0 saturated carbocycles. The number of nitrogens with zero attached hydrogens (tertiary/aromatic N) is 1. The molecule has 100 valence electrons. The van der Waals surface area contributed by atoms with Crippen LogP contribution in [0.5, 0.6) is 0 Å². The minimum atomic E-state index is 0.332. The lowest BCUT2D eigenvalue weighted by Crippen LogP contribution is -2.36. The third-order valence-corrected chi connectivity index (χ3v) is 2.77. The number of rotatable bonds is 4. The van der Waals surface area contributed by atoms with Crippen LogP contribution >= 0.6 is 34.8 Å². The van der Waals surface area contributed by atoms with E-state index in [1.807, 2.05) is 0 Å². The van der Waals surface area contributed by atoms with E-state index in [1.54, 1.807) is 19.2 Å². The van der Waals surface area contributed by atoms with Gasteiger partial charge in [-0.15, -0.1) is 0 Å². The fraction of sp³-hybridized carbons (Fsp3) is 0.300. The number of aliphatic imine (C=N–C) groups is 1. The lowest BCUT2D eigenvalue weighted by molar-refractivity contribution is 0.208. The molecule has 8 heteroatoms. The molecule has 0 amide bonds. The molecule has 4 N–H and O–H groups in total. The normalized spacial score (nSPS) is 11.5. The number of guanidine groups is 1. The summed E-state index contributed by atoms with van der Waals surface area (Å²) in [6, 6.07) is 3.14. The van der Waals surface area contributed by atoms with E-state index in [1.165, 1.54) is 0 Å². The van der Waals surface area contributed by atoms with Crippen LogP contribution in [-0.4, -0.2) is 26.2 Å². The summed E-state index contributed by atoms with van der Waals surface area (Å²) in [6.07, 6.45) is 0. The van der Waals surface area contributed by atoms with Crippen molar-refractivity contribution in [2.24, 2.45) is 10.8 Å². The SMILES string of the molecule is COCCN=C(NN)Nc1c(Cl)cc(Cl)cc1Cl. The summed E-state index contributed by atoms with van der Waals surface area (Å²) in [7, 11) is 1.59. The van der Waals surface area contributed by atoms with Gasteiger partial charge in [0.15, 0.2) is 0 Å². The molecule has 1 rings (SSSR count). The summed E-state index contributed by atoms with van der Waals surface area (Å²) < 4.78 is 4.88. The van der Waals surface area contributed by atoms with Gasteiger partial charge in [0.25, 0.3) is 0 Å². The van der Waals surface area contributed by atoms with E-state index in [0.717, 1.165) is 0 Å². The van der Waals surface area contributed by atoms with Crippen molar-refractivity contribution < 1.29 is 4.74 Å². The Labute approximate surface area is 120 Å². The zero-order valence-electron chi connectivity index (χ0n) is 9.64. The molecule has 0 atom stereocenters. The average molecular weight is 312 g/mol. The summed E-state index contributed by atoms with van der Waals surface area (Å²) in [5.74, 6) is 5.67. The number of anilines is 1. The highest BCUT2D eigenvalue weighted by molar-refractivity contribution is 6.42. The van der Waals surface area contributed by atoms with Crippen molar-refractivity contribution in [1.82, 2.24) is 5.43 Å². The van der Waals surface area contributed by atoms with Gasteiger partial charge in [0.2, 0.25) is 5.96 Å². The molecule has 0 fully saturated rings. The molecule has 0 bridgehead atoms. The third-order valence-electron chi connectivity index (χ3n) is 1.95. The number of hydrogen-bond donors (Lipinski definition) is 3. The topological polar surface area (TPSA) is 71.7 Å². The Kier molecular flexibility index (Phi) is 6.52. The second-order valence-electron chi connectivity index (χ2n) is 3.24. The molecule has 0 heterocycles. The number of hydrazine groups is 1. The van der Waals surface area contributed by atoms with Gasteiger partial charge in [-0.05, 0) is 12.1 Å². The van der Waals surface area contributed by atoms with Crippen LogP contribution in [0, 0.1) is 0 Å². The Balaban J connectivity index is 2.85. The number of benzene rings is 1. The van der Waals surface area contributed by atoms with Crippen molar-refractivity contribution in [3.8, 4) is 0 Å². The summed E-state index contributed by atoms with van der Waals surface area (Å²) >= 11 is 17.8. The number of nitrogens with two attached hydrogens (primary N) is 1. The average Bonchev–Trinajstić information content (AvgIpc) is 2.31. The standard InChI is InChI=1S/C10H13Cl3N4O/c1-18-3-2-15-10(17-14)16-9-7(12)4-6(11)5-8(9)13/h4-5H,2-3,14H2,1H3,(H2,15,16,17). The van der Waals surface area contributed by atoms with Gasteiger partial charge in [0.1, 0.15) is 0 Å². The number of halogens is 3. The van der Waals surface area contributed by atoms with E-state index < -0.39 is 0 Å². The summed E-state index contributed by atoms with van der Waals surface area (Å²) in [6.45, 7) is 0.931. The molecule has 0 aliphatic heterocycles. The molecule has 0 spiro atoms. The monoisotopic (exact) mass is 310 g/mol. The second kappa shape index (κ2) is 7.66. The Hall–Kier alpha value is -0.720. The molecule has 0 unspecified atom stereocenters. The quantitative estimate of drug-likeness (QED) is 0.263. The second-order valence-corrected chi connectivity index (χ2v) is 4.49. The molecule has 0 aliphatic carbocycles. The molecular formula is C10H13Cl3N4O. The Bertz CT molecular complexity index is 416. The van der Waals surface area contributed by atoms with Gasteiger partial charge in [0, 0.05) is 12.1 Å². The van der Waals surface area contributed by atoms with Crippen LogP contribution in [0.1, 0.15) is 0 Å². The van der Waals surface area contributed by atoms with Crippen molar-refractivity contribution in [3.05, 3.63) is 27.2 Å². The van der Waals surface area contributed by atoms with E-state index in [4.69, 9.17) is 45.4 Å². The van der Waals surface area contributed by atoms with Crippen molar-refractivity contribution in [3.63, 3.8) is 0 Å². The lowest BCUT2D eigenvalue weighted by atomic mass is 10.3. The van der Waals surface area contributed by atoms with Crippen LogP contribution in [0.2, 0.25) is 15.1 Å². The van der Waals surface area contributed by atoms with E-state index in [2.05, 4.69) is 15.7 Å². The molecule has 0 aliphatic rings. The number of ether oxygens (including phenoxy) is 1. The molecule has 0 radical (unpaired) electrons. The zero-order chi connectivity index (χ0) is 13.5. The van der Waals surface area contributed by atoms with E-state index >= 15 is 0 Å². The molecule has 18 heavy (non-hydrogen) atoms. The molecular weight excluding hydrogens is 298 g/mol. The first-order valence-electron chi connectivity index (χ1n) is 5.00.